The van der Waals surface area contributed by atoms with Crippen molar-refractivity contribution in [1.29, 1.82) is 0 Å². The summed E-state index contributed by atoms with van der Waals surface area (Å²) in [5.74, 6) is 2.98. The number of methoxy groups -OCH3 is 2. The lowest BCUT2D eigenvalue weighted by molar-refractivity contribution is -0.603. The van der Waals surface area contributed by atoms with Gasteiger partial charge < -0.3 is 24.3 Å². The lowest BCUT2D eigenvalue weighted by atomic mass is 9.95. The molecule has 1 aliphatic rings. The van der Waals surface area contributed by atoms with E-state index in [1.807, 2.05) is 12.1 Å². The van der Waals surface area contributed by atoms with Crippen LogP contribution >= 0.6 is 0 Å². The van der Waals surface area contributed by atoms with E-state index in [0.29, 0.717) is 17.5 Å². The molecule has 5 heteroatoms. The van der Waals surface area contributed by atoms with E-state index >= 15 is 0 Å². The number of benzene rings is 4. The quantitative estimate of drug-likeness (QED) is 0.207. The Hall–Kier alpha value is -4.22. The van der Waals surface area contributed by atoms with E-state index in [9.17, 15) is 0 Å². The van der Waals surface area contributed by atoms with E-state index in [4.69, 9.17) is 18.9 Å². The van der Waals surface area contributed by atoms with Crippen LogP contribution in [0.2, 0.25) is 0 Å². The molecule has 194 valence electrons. The third-order valence-corrected chi connectivity index (χ3v) is 6.70. The van der Waals surface area contributed by atoms with Crippen LogP contribution < -0.4 is 24.3 Å². The number of hydrogen-bond acceptors (Lipinski definition) is 4. The van der Waals surface area contributed by atoms with E-state index in [0.717, 1.165) is 45.0 Å². The summed E-state index contributed by atoms with van der Waals surface area (Å²) in [6, 6.07) is 27.7. The van der Waals surface area contributed by atoms with Gasteiger partial charge in [-0.1, -0.05) is 54.6 Å². The molecule has 0 bridgehead atoms. The number of ether oxygens (including phenoxy) is 4. The first-order chi connectivity index (χ1) is 18.5. The number of fused-ring (bicyclic) bond motifs is 1. The van der Waals surface area contributed by atoms with Crippen molar-refractivity contribution in [1.82, 2.24) is 0 Å². The minimum absolute atomic E-state index is 0.255. The van der Waals surface area contributed by atoms with Crippen LogP contribution in [0.15, 0.2) is 78.9 Å². The third-order valence-electron chi connectivity index (χ3n) is 6.70. The summed E-state index contributed by atoms with van der Waals surface area (Å²) in [6.45, 7) is 6.72. The van der Waals surface area contributed by atoms with Crippen LogP contribution in [0.4, 0.5) is 5.69 Å². The summed E-state index contributed by atoms with van der Waals surface area (Å²) in [5, 5.41) is 2.25. The molecule has 4 aromatic carbocycles. The van der Waals surface area contributed by atoms with Gasteiger partial charge in [0.25, 0.3) is 0 Å². The highest BCUT2D eigenvalue weighted by atomic mass is 16.7. The van der Waals surface area contributed by atoms with Gasteiger partial charge in [0, 0.05) is 17.2 Å². The van der Waals surface area contributed by atoms with Crippen LogP contribution in [0.25, 0.3) is 33.9 Å². The lowest BCUT2D eigenvalue weighted by Gasteiger charge is -2.16. The van der Waals surface area contributed by atoms with E-state index < -0.39 is 0 Å². The van der Waals surface area contributed by atoms with E-state index in [1.165, 1.54) is 11.1 Å². The van der Waals surface area contributed by atoms with Gasteiger partial charge >= 0.3 is 0 Å². The topological polar surface area (TPSA) is 53.5 Å². The molecular weight excluding hydrogens is 474 g/mol. The molecule has 0 spiro atoms. The van der Waals surface area contributed by atoms with Crippen LogP contribution in [0.1, 0.15) is 31.9 Å². The van der Waals surface area contributed by atoms with Gasteiger partial charge in [0.1, 0.15) is 5.69 Å². The number of allylic oxidation sites excluding steroid dienone is 1. The molecule has 2 N–H and O–H groups in total. The van der Waals surface area contributed by atoms with Crippen LogP contribution in [-0.2, 0) is 0 Å². The van der Waals surface area contributed by atoms with Crippen molar-refractivity contribution in [2.45, 2.75) is 26.8 Å². The maximum absolute atomic E-state index is 5.82. The lowest BCUT2D eigenvalue weighted by Crippen LogP contribution is -2.83. The van der Waals surface area contributed by atoms with Gasteiger partial charge in [-0.25, -0.2) is 0 Å². The molecule has 0 aromatic heterocycles. The monoisotopic (exact) mass is 508 g/mol. The summed E-state index contributed by atoms with van der Waals surface area (Å²) in [6.07, 6.45) is 2.19. The summed E-state index contributed by atoms with van der Waals surface area (Å²) in [7, 11) is 3.36. The second-order valence-electron chi connectivity index (χ2n) is 9.78. The van der Waals surface area contributed by atoms with Crippen molar-refractivity contribution in [2.24, 2.45) is 0 Å². The van der Waals surface area contributed by atoms with Gasteiger partial charge in [-0.3, -0.25) is 0 Å². The predicted molar refractivity (Wildman–Crippen MR) is 153 cm³/mol. The number of rotatable bonds is 8. The second-order valence-corrected chi connectivity index (χ2v) is 9.78. The minimum atomic E-state index is 0.255. The Bertz CT molecular complexity index is 1460. The molecule has 5 nitrogen and oxygen atoms in total. The number of hydrogen-bond donors (Lipinski definition) is 1. The zero-order chi connectivity index (χ0) is 26.6. The minimum Gasteiger partial charge on any atom is -0.493 e. The van der Waals surface area contributed by atoms with Gasteiger partial charge in [-0.15, -0.1) is 0 Å². The molecular formula is C33H34NO4+. The molecule has 0 amide bonds. The van der Waals surface area contributed by atoms with Crippen molar-refractivity contribution in [3.63, 3.8) is 0 Å². The molecule has 0 saturated heterocycles. The first kappa shape index (κ1) is 25.4. The van der Waals surface area contributed by atoms with Gasteiger partial charge in [0.15, 0.2) is 23.0 Å². The van der Waals surface area contributed by atoms with E-state index in [-0.39, 0.29) is 6.79 Å². The van der Waals surface area contributed by atoms with Crippen LogP contribution in [-0.4, -0.2) is 27.1 Å². The number of quaternary nitrogens is 1. The maximum Gasteiger partial charge on any atom is 0.231 e. The molecule has 0 fully saturated rings. The maximum atomic E-state index is 5.82. The van der Waals surface area contributed by atoms with Crippen LogP contribution in [0, 0.1) is 0 Å². The highest BCUT2D eigenvalue weighted by Crippen LogP contribution is 2.42. The Kier molecular flexibility index (Phi) is 7.38. The number of nitrogens with two attached hydrogens (primary N) is 1. The Labute approximate surface area is 224 Å². The first-order valence-corrected chi connectivity index (χ1v) is 12.9. The van der Waals surface area contributed by atoms with Crippen LogP contribution in [0.3, 0.4) is 0 Å². The zero-order valence-corrected chi connectivity index (χ0v) is 22.6. The Morgan fingerprint density at radius 2 is 1.47 bits per heavy atom. The van der Waals surface area contributed by atoms with Gasteiger partial charge in [0.2, 0.25) is 6.79 Å². The average molecular weight is 509 g/mol. The molecule has 5 rings (SSSR count). The SMILES string of the molecule is COc1cc(/C(C)=C/c2cc3c(cc2[NH2+]C(C)C)OCO3)cc(-c2ccc(-c3ccccc3)cc2)c1OC. The molecule has 1 aliphatic heterocycles. The highest BCUT2D eigenvalue weighted by Gasteiger charge is 2.20. The van der Waals surface area contributed by atoms with Gasteiger partial charge in [-0.2, -0.15) is 0 Å². The molecule has 0 radical (unpaired) electrons. The van der Waals surface area contributed by atoms with E-state index in [2.05, 4.69) is 98.9 Å². The van der Waals surface area contributed by atoms with Crippen molar-refractivity contribution >= 4 is 17.3 Å². The smallest absolute Gasteiger partial charge is 0.231 e. The Balaban J connectivity index is 1.57. The van der Waals surface area contributed by atoms with Crippen molar-refractivity contribution in [2.75, 3.05) is 21.0 Å². The zero-order valence-electron chi connectivity index (χ0n) is 22.6. The van der Waals surface area contributed by atoms with Crippen molar-refractivity contribution in [3.8, 4) is 45.3 Å². The van der Waals surface area contributed by atoms with E-state index in [1.54, 1.807) is 14.2 Å². The molecule has 0 atom stereocenters. The molecule has 38 heavy (non-hydrogen) atoms. The molecule has 0 unspecified atom stereocenters. The fraction of sp³-hybridized carbons (Fsp3) is 0.212. The Morgan fingerprint density at radius 3 is 2.13 bits per heavy atom. The van der Waals surface area contributed by atoms with Crippen molar-refractivity contribution in [3.05, 3.63) is 90.0 Å². The second kappa shape index (κ2) is 11.0. The van der Waals surface area contributed by atoms with Gasteiger partial charge in [-0.05, 0) is 72.9 Å². The van der Waals surface area contributed by atoms with Gasteiger partial charge in [0.05, 0.1) is 20.3 Å². The standard InChI is InChI=1S/C33H33NO4/c1-21(2)34-29-19-31-30(37-20-38-31)18-27(29)15-22(3)26-16-28(33(36-5)32(17-26)35-4)25-13-11-24(12-14-25)23-9-7-6-8-10-23/h6-19,21,34H,20H2,1-5H3/p+1/b22-15+. The molecule has 1 heterocycles. The predicted octanol–water partition coefficient (Wildman–Crippen LogP) is 6.93. The summed E-state index contributed by atoms with van der Waals surface area (Å²) >= 11 is 0. The largest absolute Gasteiger partial charge is 0.493 e. The fourth-order valence-corrected chi connectivity index (χ4v) is 4.80. The average Bonchev–Trinajstić information content (AvgIpc) is 3.39. The van der Waals surface area contributed by atoms with Crippen molar-refractivity contribution < 1.29 is 24.3 Å². The summed E-state index contributed by atoms with van der Waals surface area (Å²) in [5.41, 5.74) is 8.77. The fourth-order valence-electron chi connectivity index (χ4n) is 4.80. The molecule has 4 aromatic rings. The Morgan fingerprint density at radius 1 is 0.816 bits per heavy atom. The van der Waals surface area contributed by atoms with Crippen LogP contribution in [0.5, 0.6) is 23.0 Å². The molecule has 0 saturated carbocycles. The highest BCUT2D eigenvalue weighted by molar-refractivity contribution is 5.88. The summed E-state index contributed by atoms with van der Waals surface area (Å²) in [4.78, 5) is 0. The summed E-state index contributed by atoms with van der Waals surface area (Å²) < 4.78 is 22.9. The first-order valence-electron chi connectivity index (χ1n) is 12.9. The molecule has 0 aliphatic carbocycles. The third kappa shape index (κ3) is 5.24. The normalized spacial score (nSPS) is 12.6.